The van der Waals surface area contributed by atoms with Crippen molar-refractivity contribution >= 4 is 28.6 Å². The van der Waals surface area contributed by atoms with Crippen molar-refractivity contribution in [2.75, 3.05) is 0 Å². The van der Waals surface area contributed by atoms with Gasteiger partial charge in [-0.15, -0.1) is 0 Å². The molecule has 0 atom stereocenters. The van der Waals surface area contributed by atoms with E-state index in [9.17, 15) is 17.8 Å². The lowest BCUT2D eigenvalue weighted by Crippen LogP contribution is -2.30. The second kappa shape index (κ2) is 9.73. The number of nitrogens with zero attached hydrogens (tertiary/aromatic N) is 1. The molecule has 28 heavy (non-hydrogen) atoms. The fourth-order valence-corrected chi connectivity index (χ4v) is 2.75. The molecule has 0 N–H and O–H groups in total. The minimum absolute atomic E-state index is 0.178. The molecule has 0 aliphatic heterocycles. The molecule has 0 saturated carbocycles. The Bertz CT molecular complexity index is 1050. The molecule has 5 nitrogen and oxygen atoms in total. The van der Waals surface area contributed by atoms with Gasteiger partial charge in [-0.3, -0.25) is 4.79 Å². The van der Waals surface area contributed by atoms with Crippen molar-refractivity contribution in [2.24, 2.45) is 7.05 Å². The number of benzene rings is 2. The SMILES string of the molecule is C[n+]1ccccc1C=Cc1ccc(C=O)cc1.Cc1ccc(S(=O)(=O)[O-])cc1. The smallest absolute Gasteiger partial charge is 0.204 e. The van der Waals surface area contributed by atoms with Gasteiger partial charge in [-0.05, 0) is 36.8 Å². The lowest BCUT2D eigenvalue weighted by atomic mass is 10.1. The number of rotatable bonds is 4. The molecule has 0 fully saturated rings. The Hall–Kier alpha value is -3.09. The first-order valence-corrected chi connectivity index (χ1v) is 9.91. The van der Waals surface area contributed by atoms with E-state index in [1.807, 2.05) is 62.6 Å². The molecule has 0 aliphatic carbocycles. The number of carbonyl (C=O) groups is 1. The third-order valence-corrected chi connectivity index (χ3v) is 4.77. The van der Waals surface area contributed by atoms with Gasteiger partial charge in [0.15, 0.2) is 6.20 Å². The Labute approximate surface area is 165 Å². The van der Waals surface area contributed by atoms with Gasteiger partial charge in [-0.2, -0.15) is 0 Å². The summed E-state index contributed by atoms with van der Waals surface area (Å²) in [6.07, 6.45) is 6.94. The lowest BCUT2D eigenvalue weighted by molar-refractivity contribution is -0.673. The highest BCUT2D eigenvalue weighted by Gasteiger charge is 1.99. The maximum absolute atomic E-state index is 10.5. The van der Waals surface area contributed by atoms with E-state index in [2.05, 4.69) is 16.7 Å². The van der Waals surface area contributed by atoms with Gasteiger partial charge >= 0.3 is 0 Å². The van der Waals surface area contributed by atoms with E-state index in [1.54, 1.807) is 12.1 Å². The third-order valence-electron chi connectivity index (χ3n) is 3.92. The number of aryl methyl sites for hydroxylation is 2. The van der Waals surface area contributed by atoms with E-state index in [1.165, 1.54) is 12.1 Å². The standard InChI is InChI=1S/C15H14NO.C7H8O3S/c1-16-11-3-2-4-15(16)10-9-13-5-7-14(12-17)8-6-13;1-6-2-4-7(5-3-6)11(8,9)10/h2-12H,1H3;2-5H,1H3,(H,8,9,10)/q+1;/p-1. The van der Waals surface area contributed by atoms with Gasteiger partial charge in [0.2, 0.25) is 5.69 Å². The minimum Gasteiger partial charge on any atom is -0.744 e. The second-order valence-corrected chi connectivity index (χ2v) is 7.50. The quantitative estimate of drug-likeness (QED) is 0.385. The summed E-state index contributed by atoms with van der Waals surface area (Å²) in [5.41, 5.74) is 3.84. The van der Waals surface area contributed by atoms with Crippen molar-refractivity contribution in [2.45, 2.75) is 11.8 Å². The fourth-order valence-electron chi connectivity index (χ4n) is 2.28. The van der Waals surface area contributed by atoms with Gasteiger partial charge in [0.05, 0.1) is 4.90 Å². The molecule has 1 heterocycles. The molecule has 0 saturated heterocycles. The molecule has 0 unspecified atom stereocenters. The summed E-state index contributed by atoms with van der Waals surface area (Å²) in [7, 11) is -2.26. The van der Waals surface area contributed by atoms with Crippen LogP contribution in [0.4, 0.5) is 0 Å². The van der Waals surface area contributed by atoms with Crippen molar-refractivity contribution < 1.29 is 22.3 Å². The number of aldehydes is 1. The molecule has 2 aromatic carbocycles. The van der Waals surface area contributed by atoms with Crippen molar-refractivity contribution in [3.63, 3.8) is 0 Å². The van der Waals surface area contributed by atoms with Gasteiger partial charge in [0, 0.05) is 23.8 Å². The van der Waals surface area contributed by atoms with Crippen LogP contribution in [-0.4, -0.2) is 19.3 Å². The normalized spacial score (nSPS) is 11.0. The van der Waals surface area contributed by atoms with Crippen molar-refractivity contribution in [1.82, 2.24) is 0 Å². The van der Waals surface area contributed by atoms with Crippen LogP contribution >= 0.6 is 0 Å². The topological polar surface area (TPSA) is 78.1 Å². The molecule has 3 aromatic rings. The average Bonchev–Trinajstić information content (AvgIpc) is 2.68. The van der Waals surface area contributed by atoms with Crippen LogP contribution in [0.3, 0.4) is 0 Å². The van der Waals surface area contributed by atoms with Crippen LogP contribution in [0.2, 0.25) is 0 Å². The summed E-state index contributed by atoms with van der Waals surface area (Å²) >= 11 is 0. The average molecular weight is 395 g/mol. The lowest BCUT2D eigenvalue weighted by Gasteiger charge is -2.05. The van der Waals surface area contributed by atoms with Gasteiger partial charge in [0.25, 0.3) is 0 Å². The summed E-state index contributed by atoms with van der Waals surface area (Å²) in [6.45, 7) is 1.82. The molecule has 1 aromatic heterocycles. The molecular formula is C22H21NO4S. The molecule has 144 valence electrons. The van der Waals surface area contributed by atoms with Crippen molar-refractivity contribution in [3.8, 4) is 0 Å². The molecular weight excluding hydrogens is 374 g/mol. The maximum atomic E-state index is 10.5. The predicted molar refractivity (Wildman–Crippen MR) is 108 cm³/mol. The Balaban J connectivity index is 0.000000221. The summed E-state index contributed by atoms with van der Waals surface area (Å²) in [6, 6.07) is 19.3. The van der Waals surface area contributed by atoms with Crippen LogP contribution < -0.4 is 4.57 Å². The van der Waals surface area contributed by atoms with E-state index < -0.39 is 10.1 Å². The van der Waals surface area contributed by atoms with E-state index in [0.29, 0.717) is 5.56 Å². The zero-order chi connectivity index (χ0) is 20.6. The zero-order valence-corrected chi connectivity index (χ0v) is 16.5. The van der Waals surface area contributed by atoms with Gasteiger partial charge < -0.3 is 4.55 Å². The maximum Gasteiger partial charge on any atom is 0.204 e. The largest absolute Gasteiger partial charge is 0.744 e. The number of carbonyl (C=O) groups excluding carboxylic acids is 1. The molecule has 0 radical (unpaired) electrons. The number of hydrogen-bond donors (Lipinski definition) is 0. The summed E-state index contributed by atoms with van der Waals surface area (Å²) in [4.78, 5) is 10.3. The first-order chi connectivity index (χ1) is 13.3. The molecule has 0 bridgehead atoms. The second-order valence-electron chi connectivity index (χ2n) is 6.12. The van der Waals surface area contributed by atoms with Gasteiger partial charge in [-0.1, -0.05) is 42.0 Å². The van der Waals surface area contributed by atoms with E-state index in [4.69, 9.17) is 0 Å². The Morgan fingerprint density at radius 1 is 0.857 bits per heavy atom. The van der Waals surface area contributed by atoms with Gasteiger partial charge in [-0.25, -0.2) is 13.0 Å². The number of pyridine rings is 1. The number of hydrogen-bond acceptors (Lipinski definition) is 4. The van der Waals surface area contributed by atoms with Crippen LogP contribution in [0.15, 0.2) is 77.8 Å². The minimum atomic E-state index is -4.27. The number of aromatic nitrogens is 1. The Morgan fingerprint density at radius 3 is 2.00 bits per heavy atom. The Morgan fingerprint density at radius 2 is 1.46 bits per heavy atom. The van der Waals surface area contributed by atoms with Crippen LogP contribution in [0, 0.1) is 6.92 Å². The van der Waals surface area contributed by atoms with Gasteiger partial charge in [0.1, 0.15) is 23.5 Å². The van der Waals surface area contributed by atoms with Crippen LogP contribution in [0.1, 0.15) is 27.2 Å². The molecule has 0 aliphatic rings. The monoisotopic (exact) mass is 395 g/mol. The zero-order valence-electron chi connectivity index (χ0n) is 15.6. The summed E-state index contributed by atoms with van der Waals surface area (Å²) in [5, 5.41) is 0. The van der Waals surface area contributed by atoms with Crippen molar-refractivity contribution in [1.29, 1.82) is 0 Å². The fraction of sp³-hybridized carbons (Fsp3) is 0.0909. The highest BCUT2D eigenvalue weighted by Crippen LogP contribution is 2.08. The summed E-state index contributed by atoms with van der Waals surface area (Å²) in [5.74, 6) is 0. The van der Waals surface area contributed by atoms with E-state index in [-0.39, 0.29) is 4.90 Å². The molecule has 0 amide bonds. The van der Waals surface area contributed by atoms with E-state index in [0.717, 1.165) is 23.1 Å². The Kier molecular flexibility index (Phi) is 7.37. The molecule has 3 rings (SSSR count). The first-order valence-electron chi connectivity index (χ1n) is 8.50. The third kappa shape index (κ3) is 6.57. The van der Waals surface area contributed by atoms with Crippen molar-refractivity contribution in [3.05, 3.63) is 95.3 Å². The highest BCUT2D eigenvalue weighted by molar-refractivity contribution is 7.85. The molecule has 0 spiro atoms. The van der Waals surface area contributed by atoms with Crippen LogP contribution in [0.25, 0.3) is 12.2 Å². The van der Waals surface area contributed by atoms with Crippen LogP contribution in [-0.2, 0) is 17.2 Å². The summed E-state index contributed by atoms with van der Waals surface area (Å²) < 4.78 is 33.2. The van der Waals surface area contributed by atoms with E-state index >= 15 is 0 Å². The predicted octanol–water partition coefficient (Wildman–Crippen LogP) is 3.39. The molecule has 6 heteroatoms. The highest BCUT2D eigenvalue weighted by atomic mass is 32.2. The first kappa shape index (κ1) is 21.2. The van der Waals surface area contributed by atoms with Crippen LogP contribution in [0.5, 0.6) is 0 Å².